The monoisotopic (exact) mass is 785 g/mol. The number of nitrogens with zero attached hydrogens (tertiary/aromatic N) is 5. The van der Waals surface area contributed by atoms with E-state index in [2.05, 4.69) is 43.9 Å². The van der Waals surface area contributed by atoms with E-state index in [0.29, 0.717) is 27.7 Å². The summed E-state index contributed by atoms with van der Waals surface area (Å²) in [4.78, 5) is 4.48. The predicted molar refractivity (Wildman–Crippen MR) is 210 cm³/mol. The fourth-order valence-corrected chi connectivity index (χ4v) is 7.52. The predicted octanol–water partition coefficient (Wildman–Crippen LogP) is 9.30. The average molecular weight is 786 g/mol. The van der Waals surface area contributed by atoms with Gasteiger partial charge < -0.3 is 14.9 Å². The Balaban J connectivity index is 1.34. The first kappa shape index (κ1) is 40.8. The number of anilines is 2. The van der Waals surface area contributed by atoms with E-state index in [4.69, 9.17) is 20.0 Å². The van der Waals surface area contributed by atoms with Gasteiger partial charge in [-0.2, -0.15) is 19.0 Å². The summed E-state index contributed by atoms with van der Waals surface area (Å²) in [7, 11) is -4.96. The molecule has 2 aromatic carbocycles. The molecule has 0 aliphatic carbocycles. The molecule has 11 nitrogen and oxygen atoms in total. The smallest absolute Gasteiger partial charge is 0.355 e. The molecule has 0 fully saturated rings. The highest BCUT2D eigenvalue weighted by atomic mass is 32.2. The molecule has 1 unspecified atom stereocenters. The Morgan fingerprint density at radius 1 is 0.981 bits per heavy atom. The number of unbranched alkanes of at least 4 members (excludes halogenated alkanes) is 4. The van der Waals surface area contributed by atoms with Crippen molar-refractivity contribution in [3.05, 3.63) is 72.4 Å². The lowest BCUT2D eigenvalue weighted by atomic mass is 10.0. The number of hydrogen-bond donors (Lipinski definition) is 2. The first-order valence-corrected chi connectivity index (χ1v) is 22.5. The first-order valence-electron chi connectivity index (χ1n) is 18.0. The largest absolute Gasteiger partial charge is 0.484 e. The Kier molecular flexibility index (Phi) is 12.5. The maximum Gasteiger partial charge on any atom is 0.355 e. The minimum absolute atomic E-state index is 0.0456. The second-order valence-corrected chi connectivity index (χ2v) is 21.5. The van der Waals surface area contributed by atoms with Crippen LogP contribution in [0.25, 0.3) is 33.3 Å². The molecule has 0 saturated carbocycles. The molecule has 0 aliphatic heterocycles. The van der Waals surface area contributed by atoms with Crippen LogP contribution in [-0.4, -0.2) is 53.6 Å². The van der Waals surface area contributed by atoms with Crippen LogP contribution in [0.1, 0.15) is 71.5 Å². The SMILES string of the molecule is CC(Oc1cc(-c2nn(C)c3c(-c4cnn(CCCCCCCO[Si](C)(C)C(C)(C)C)c4)cnc(N)c23)ccc1NS(=O)(=O)C(F)F)c1ccc(F)cc1. The number of aryl methyl sites for hydroxylation is 2. The summed E-state index contributed by atoms with van der Waals surface area (Å²) in [6, 6.07) is 9.91. The number of nitrogens with two attached hydrogens (primary N) is 1. The van der Waals surface area contributed by atoms with E-state index < -0.39 is 36.0 Å². The number of fused-ring (bicyclic) bond motifs is 1. The second-order valence-electron chi connectivity index (χ2n) is 15.1. The molecule has 0 aliphatic rings. The second kappa shape index (κ2) is 16.5. The topological polar surface area (TPSA) is 139 Å². The highest BCUT2D eigenvalue weighted by Crippen LogP contribution is 2.41. The Labute approximate surface area is 316 Å². The van der Waals surface area contributed by atoms with Gasteiger partial charge in [-0.05, 0) is 67.7 Å². The number of sulfonamides is 1. The van der Waals surface area contributed by atoms with Gasteiger partial charge in [0.05, 0.1) is 22.8 Å². The molecular formula is C38H50F3N7O4SSi. The number of rotatable bonds is 17. The lowest BCUT2D eigenvalue weighted by molar-refractivity contribution is 0.228. The van der Waals surface area contributed by atoms with E-state index >= 15 is 0 Å². The molecule has 5 aromatic rings. The lowest BCUT2D eigenvalue weighted by Crippen LogP contribution is -2.40. The zero-order valence-corrected chi connectivity index (χ0v) is 33.7. The third kappa shape index (κ3) is 9.44. The number of aromatic nitrogens is 5. The number of nitrogen functional groups attached to an aromatic ring is 1. The molecule has 3 aromatic heterocycles. The van der Waals surface area contributed by atoms with Gasteiger partial charge in [-0.1, -0.05) is 58.2 Å². The summed E-state index contributed by atoms with van der Waals surface area (Å²) in [6.45, 7) is 14.6. The fourth-order valence-electron chi connectivity index (χ4n) is 5.87. The molecule has 3 heterocycles. The highest BCUT2D eigenvalue weighted by molar-refractivity contribution is 7.93. The minimum atomic E-state index is -5.02. The van der Waals surface area contributed by atoms with Crippen molar-refractivity contribution in [2.75, 3.05) is 17.1 Å². The molecule has 16 heteroatoms. The van der Waals surface area contributed by atoms with E-state index in [9.17, 15) is 21.6 Å². The van der Waals surface area contributed by atoms with Crippen molar-refractivity contribution in [1.29, 1.82) is 0 Å². The third-order valence-corrected chi connectivity index (χ3v) is 15.5. The molecule has 292 valence electrons. The Hall–Kier alpha value is -4.41. The van der Waals surface area contributed by atoms with Crippen molar-refractivity contribution >= 4 is 40.7 Å². The summed E-state index contributed by atoms with van der Waals surface area (Å²) in [5.41, 5.74) is 10.00. The van der Waals surface area contributed by atoms with Crippen LogP contribution in [0.3, 0.4) is 0 Å². The van der Waals surface area contributed by atoms with Crippen molar-refractivity contribution in [2.45, 2.75) is 96.3 Å². The van der Waals surface area contributed by atoms with E-state index in [1.165, 1.54) is 42.5 Å². The van der Waals surface area contributed by atoms with Gasteiger partial charge in [0, 0.05) is 49.3 Å². The van der Waals surface area contributed by atoms with E-state index in [1.54, 1.807) is 31.0 Å². The number of alkyl halides is 2. The van der Waals surface area contributed by atoms with Crippen LogP contribution in [0.4, 0.5) is 24.7 Å². The number of pyridine rings is 1. The van der Waals surface area contributed by atoms with Crippen LogP contribution in [0.2, 0.25) is 18.1 Å². The first-order chi connectivity index (χ1) is 25.4. The molecule has 5 rings (SSSR count). The average Bonchev–Trinajstić information content (AvgIpc) is 3.71. The summed E-state index contributed by atoms with van der Waals surface area (Å²) < 4.78 is 82.5. The third-order valence-electron chi connectivity index (χ3n) is 10.0. The van der Waals surface area contributed by atoms with Crippen molar-refractivity contribution in [3.63, 3.8) is 0 Å². The Morgan fingerprint density at radius 3 is 2.35 bits per heavy atom. The summed E-state index contributed by atoms with van der Waals surface area (Å²) in [6.07, 6.45) is 10.1. The maximum absolute atomic E-state index is 13.6. The van der Waals surface area contributed by atoms with Gasteiger partial charge in [-0.25, -0.2) is 17.8 Å². The molecule has 0 radical (unpaired) electrons. The lowest BCUT2D eigenvalue weighted by Gasteiger charge is -2.36. The van der Waals surface area contributed by atoms with Gasteiger partial charge in [-0.15, -0.1) is 0 Å². The molecule has 3 N–H and O–H groups in total. The molecule has 1 atom stereocenters. The summed E-state index contributed by atoms with van der Waals surface area (Å²) >= 11 is 0. The number of halogens is 3. The summed E-state index contributed by atoms with van der Waals surface area (Å²) in [5, 5.41) is 10.1. The summed E-state index contributed by atoms with van der Waals surface area (Å²) in [5.74, 6) is -3.95. The Morgan fingerprint density at radius 2 is 1.67 bits per heavy atom. The highest BCUT2D eigenvalue weighted by Gasteiger charge is 2.36. The van der Waals surface area contributed by atoms with Crippen molar-refractivity contribution in [2.24, 2.45) is 7.05 Å². The number of hydrogen-bond acceptors (Lipinski definition) is 8. The van der Waals surface area contributed by atoms with Gasteiger partial charge in [0.15, 0.2) is 8.32 Å². The molecule has 54 heavy (non-hydrogen) atoms. The molecule has 0 bridgehead atoms. The fraction of sp³-hybridized carbons (Fsp3) is 0.447. The van der Waals surface area contributed by atoms with E-state index in [0.717, 1.165) is 56.4 Å². The van der Waals surface area contributed by atoms with Crippen molar-refractivity contribution in [1.82, 2.24) is 24.5 Å². The molecule has 0 amide bonds. The van der Waals surface area contributed by atoms with Crippen LogP contribution in [-0.2, 0) is 28.0 Å². The van der Waals surface area contributed by atoms with Crippen LogP contribution < -0.4 is 15.2 Å². The number of ether oxygens (including phenoxy) is 1. The van der Waals surface area contributed by atoms with Gasteiger partial charge in [0.25, 0.3) is 10.0 Å². The zero-order chi connectivity index (χ0) is 39.4. The van der Waals surface area contributed by atoms with Crippen LogP contribution in [0, 0.1) is 5.82 Å². The van der Waals surface area contributed by atoms with Gasteiger partial charge in [0.1, 0.15) is 29.2 Å². The standard InChI is InChI=1S/C38H50F3N7O4SSi/c1-25(26-13-16-29(39)17-14-26)52-32-21-27(15-18-31(32)46-53(49,50)37(40)41)34-33-35(47(5)45-34)30(23-43-36(33)42)28-22-44-48(24-28)19-11-9-8-10-12-20-51-54(6,7)38(2,3)4/h13-18,21-25,37,46H,8-12,19-20H2,1-7H3,(H2,42,43). The van der Waals surface area contributed by atoms with Crippen LogP contribution >= 0.6 is 0 Å². The quantitative estimate of drug-likeness (QED) is 0.0703. The van der Waals surface area contributed by atoms with Crippen molar-refractivity contribution in [3.8, 4) is 28.1 Å². The molecule has 0 saturated heterocycles. The number of nitrogens with one attached hydrogen (secondary N) is 1. The molecule has 0 spiro atoms. The van der Waals surface area contributed by atoms with E-state index in [-0.39, 0.29) is 22.3 Å². The Bertz CT molecular complexity index is 2170. The minimum Gasteiger partial charge on any atom is -0.484 e. The van der Waals surface area contributed by atoms with Gasteiger partial charge in [0.2, 0.25) is 0 Å². The number of benzene rings is 2. The van der Waals surface area contributed by atoms with Crippen molar-refractivity contribution < 1.29 is 30.8 Å². The zero-order valence-electron chi connectivity index (χ0n) is 31.9. The normalized spacial score (nSPS) is 13.2. The van der Waals surface area contributed by atoms with Gasteiger partial charge >= 0.3 is 5.76 Å². The van der Waals surface area contributed by atoms with Gasteiger partial charge in [-0.3, -0.25) is 14.1 Å². The molecular weight excluding hydrogens is 736 g/mol. The maximum atomic E-state index is 13.6. The van der Waals surface area contributed by atoms with E-state index in [1.807, 2.05) is 15.6 Å². The van der Waals surface area contributed by atoms with Crippen LogP contribution in [0.5, 0.6) is 5.75 Å². The van der Waals surface area contributed by atoms with Crippen LogP contribution in [0.15, 0.2) is 61.1 Å².